The fourth-order valence-electron chi connectivity index (χ4n) is 3.45. The number of halogens is 2. The summed E-state index contributed by atoms with van der Waals surface area (Å²) in [5, 5.41) is 6.15. The Labute approximate surface area is 176 Å². The van der Waals surface area contributed by atoms with Gasteiger partial charge in [-0.2, -0.15) is 8.78 Å². The van der Waals surface area contributed by atoms with Crippen LogP contribution in [0.15, 0.2) is 23.2 Å². The van der Waals surface area contributed by atoms with Crippen molar-refractivity contribution in [3.8, 4) is 11.5 Å². The van der Waals surface area contributed by atoms with Crippen LogP contribution in [0.25, 0.3) is 0 Å². The van der Waals surface area contributed by atoms with Crippen molar-refractivity contribution in [1.29, 1.82) is 0 Å². The largest absolute Gasteiger partial charge is 0.490 e. The minimum Gasteiger partial charge on any atom is -0.490 e. The van der Waals surface area contributed by atoms with E-state index in [1.807, 2.05) is 4.90 Å². The molecule has 0 saturated carbocycles. The summed E-state index contributed by atoms with van der Waals surface area (Å²) < 4.78 is 35.7. The number of benzene rings is 1. The number of nitrogens with one attached hydrogen (secondary N) is 2. The molecule has 30 heavy (non-hydrogen) atoms. The molecular weight excluding hydrogens is 394 g/mol. The zero-order chi connectivity index (χ0) is 21.9. The monoisotopic (exact) mass is 426 g/mol. The number of guanidine groups is 1. The molecule has 2 N–H and O–H groups in total. The highest BCUT2D eigenvalue weighted by atomic mass is 19.3. The lowest BCUT2D eigenvalue weighted by Crippen LogP contribution is -2.42. The first-order valence-electron chi connectivity index (χ1n) is 10.4. The highest BCUT2D eigenvalue weighted by molar-refractivity contribution is 5.81. The molecule has 1 saturated heterocycles. The second kappa shape index (κ2) is 12.2. The van der Waals surface area contributed by atoms with Gasteiger partial charge in [-0.15, -0.1) is 0 Å². The highest BCUT2D eigenvalue weighted by Gasteiger charge is 2.20. The molecule has 2 rings (SSSR count). The molecule has 1 amide bonds. The number of alkyl halides is 2. The summed E-state index contributed by atoms with van der Waals surface area (Å²) in [6, 6.07) is 4.99. The van der Waals surface area contributed by atoms with Gasteiger partial charge < -0.3 is 25.0 Å². The first-order valence-corrected chi connectivity index (χ1v) is 10.4. The van der Waals surface area contributed by atoms with Crippen LogP contribution in [0.5, 0.6) is 11.5 Å². The molecule has 0 radical (unpaired) electrons. The Balaban J connectivity index is 1.88. The Bertz CT molecular complexity index is 715. The molecule has 1 aromatic carbocycles. The molecule has 1 atom stereocenters. The second-order valence-corrected chi connectivity index (χ2v) is 7.25. The maximum absolute atomic E-state index is 12.8. The number of carbonyl (C=O) groups excluding carboxylic acids is 1. The predicted octanol–water partition coefficient (Wildman–Crippen LogP) is 3.00. The van der Waals surface area contributed by atoms with Crippen molar-refractivity contribution >= 4 is 11.9 Å². The smallest absolute Gasteiger partial charge is 0.387 e. The van der Waals surface area contributed by atoms with E-state index in [1.165, 1.54) is 6.42 Å². The Morgan fingerprint density at radius 1 is 1.37 bits per heavy atom. The summed E-state index contributed by atoms with van der Waals surface area (Å²) in [6.45, 7) is 3.59. The van der Waals surface area contributed by atoms with Crippen molar-refractivity contribution in [2.24, 2.45) is 10.9 Å². The number of carbonyl (C=O) groups is 1. The number of nitrogens with zero attached hydrogens (tertiary/aromatic N) is 2. The number of ether oxygens (including phenoxy) is 2. The number of rotatable bonds is 9. The molecule has 1 aliphatic rings. The summed E-state index contributed by atoms with van der Waals surface area (Å²) in [5.74, 6) is 1.41. The zero-order valence-electron chi connectivity index (χ0n) is 17.9. The van der Waals surface area contributed by atoms with Gasteiger partial charge in [0.25, 0.3) is 0 Å². The van der Waals surface area contributed by atoms with Gasteiger partial charge in [0.15, 0.2) is 17.5 Å². The van der Waals surface area contributed by atoms with Gasteiger partial charge in [-0.05, 0) is 31.7 Å². The molecule has 1 aromatic rings. The fraction of sp³-hybridized carbons (Fsp3) is 0.619. The van der Waals surface area contributed by atoms with Gasteiger partial charge >= 0.3 is 6.61 Å². The summed E-state index contributed by atoms with van der Waals surface area (Å²) in [4.78, 5) is 18.4. The number of para-hydroxylation sites is 1. The zero-order valence-corrected chi connectivity index (χ0v) is 17.9. The standard InChI is InChI=1S/C21H32F2N4O3/c1-4-29-17-9-5-8-16(19(17)30-20(22)23)13-26-21(24-3)25-11-10-18(28)27-12-6-7-15(2)14-27/h5,8-9,15,20H,4,6-7,10-14H2,1-3H3,(H2,24,25,26). The predicted molar refractivity (Wildman–Crippen MR) is 112 cm³/mol. The summed E-state index contributed by atoms with van der Waals surface area (Å²) >= 11 is 0. The molecule has 1 unspecified atom stereocenters. The van der Waals surface area contributed by atoms with Crippen LogP contribution in [-0.4, -0.2) is 56.7 Å². The van der Waals surface area contributed by atoms with Gasteiger partial charge in [-0.25, -0.2) is 0 Å². The van der Waals surface area contributed by atoms with Crippen molar-refractivity contribution in [3.05, 3.63) is 23.8 Å². The number of piperidine rings is 1. The van der Waals surface area contributed by atoms with Crippen molar-refractivity contribution in [2.45, 2.75) is 46.3 Å². The van der Waals surface area contributed by atoms with E-state index in [9.17, 15) is 13.6 Å². The summed E-state index contributed by atoms with van der Waals surface area (Å²) in [7, 11) is 1.61. The molecule has 0 aromatic heterocycles. The lowest BCUT2D eigenvalue weighted by Gasteiger charge is -2.31. The van der Waals surface area contributed by atoms with Crippen LogP contribution < -0.4 is 20.1 Å². The number of likely N-dealkylation sites (tertiary alicyclic amines) is 1. The van der Waals surface area contributed by atoms with E-state index in [4.69, 9.17) is 4.74 Å². The third-order valence-corrected chi connectivity index (χ3v) is 4.88. The molecule has 1 fully saturated rings. The number of hydrogen-bond donors (Lipinski definition) is 2. The van der Waals surface area contributed by atoms with Crippen molar-refractivity contribution in [2.75, 3.05) is 33.3 Å². The van der Waals surface area contributed by atoms with Crippen LogP contribution in [0.3, 0.4) is 0 Å². The van der Waals surface area contributed by atoms with Crippen LogP contribution in [0.2, 0.25) is 0 Å². The SMILES string of the molecule is CCOc1cccc(CNC(=NC)NCCC(=O)N2CCCC(C)C2)c1OC(F)F. The Hall–Kier alpha value is -2.58. The molecule has 1 aliphatic heterocycles. The minimum atomic E-state index is -2.95. The van der Waals surface area contributed by atoms with Crippen molar-refractivity contribution in [1.82, 2.24) is 15.5 Å². The van der Waals surface area contributed by atoms with Crippen LogP contribution >= 0.6 is 0 Å². The molecule has 0 bridgehead atoms. The van der Waals surface area contributed by atoms with E-state index in [0.717, 1.165) is 19.5 Å². The van der Waals surface area contributed by atoms with Crippen molar-refractivity contribution < 1.29 is 23.0 Å². The van der Waals surface area contributed by atoms with E-state index in [0.29, 0.717) is 37.0 Å². The van der Waals surface area contributed by atoms with Gasteiger partial charge in [-0.1, -0.05) is 19.1 Å². The maximum Gasteiger partial charge on any atom is 0.387 e. The van der Waals surface area contributed by atoms with Gasteiger partial charge in [-0.3, -0.25) is 9.79 Å². The van der Waals surface area contributed by atoms with Crippen LogP contribution in [-0.2, 0) is 11.3 Å². The lowest BCUT2D eigenvalue weighted by molar-refractivity contribution is -0.132. The van der Waals surface area contributed by atoms with E-state index in [-0.39, 0.29) is 24.0 Å². The molecule has 9 heteroatoms. The number of hydrogen-bond acceptors (Lipinski definition) is 4. The molecule has 0 aliphatic carbocycles. The Morgan fingerprint density at radius 2 is 2.17 bits per heavy atom. The average molecular weight is 427 g/mol. The molecule has 1 heterocycles. The Morgan fingerprint density at radius 3 is 2.83 bits per heavy atom. The van der Waals surface area contributed by atoms with Gasteiger partial charge in [0, 0.05) is 45.2 Å². The van der Waals surface area contributed by atoms with E-state index in [2.05, 4.69) is 27.3 Å². The first kappa shape index (κ1) is 23.7. The molecule has 7 nitrogen and oxygen atoms in total. The highest BCUT2D eigenvalue weighted by Crippen LogP contribution is 2.32. The van der Waals surface area contributed by atoms with E-state index < -0.39 is 6.61 Å². The lowest BCUT2D eigenvalue weighted by atomic mass is 10.00. The molecule has 0 spiro atoms. The third kappa shape index (κ3) is 7.35. The Kier molecular flexibility index (Phi) is 9.63. The first-order chi connectivity index (χ1) is 14.4. The maximum atomic E-state index is 12.8. The van der Waals surface area contributed by atoms with Gasteiger partial charge in [0.05, 0.1) is 6.61 Å². The van der Waals surface area contributed by atoms with Gasteiger partial charge in [0.1, 0.15) is 0 Å². The van der Waals surface area contributed by atoms with Crippen LogP contribution in [0.4, 0.5) is 8.78 Å². The average Bonchev–Trinajstić information content (AvgIpc) is 2.72. The number of aliphatic imine (C=N–C) groups is 1. The molecular formula is C21H32F2N4O3. The van der Waals surface area contributed by atoms with Crippen LogP contribution in [0, 0.1) is 5.92 Å². The van der Waals surface area contributed by atoms with Gasteiger partial charge in [0.2, 0.25) is 5.91 Å². The quantitative estimate of drug-likeness (QED) is 0.469. The minimum absolute atomic E-state index is 0.00620. The van der Waals surface area contributed by atoms with Crippen LogP contribution in [0.1, 0.15) is 38.7 Å². The summed E-state index contributed by atoms with van der Waals surface area (Å²) in [6.07, 6.45) is 2.58. The summed E-state index contributed by atoms with van der Waals surface area (Å²) in [5.41, 5.74) is 0.516. The van der Waals surface area contributed by atoms with E-state index in [1.54, 1.807) is 32.2 Å². The number of amides is 1. The molecule has 168 valence electrons. The normalized spacial score (nSPS) is 17.1. The second-order valence-electron chi connectivity index (χ2n) is 7.25. The topological polar surface area (TPSA) is 75.2 Å². The fourth-order valence-corrected chi connectivity index (χ4v) is 3.45. The van der Waals surface area contributed by atoms with E-state index >= 15 is 0 Å². The van der Waals surface area contributed by atoms with Crippen molar-refractivity contribution in [3.63, 3.8) is 0 Å². The third-order valence-electron chi connectivity index (χ3n) is 4.88.